The number of benzene rings is 2. The molecule has 3 rings (SSSR count). The summed E-state index contributed by atoms with van der Waals surface area (Å²) in [5.41, 5.74) is 2.79. The lowest BCUT2D eigenvalue weighted by Gasteiger charge is -2.23. The van der Waals surface area contributed by atoms with Crippen LogP contribution in [0.4, 0.5) is 11.4 Å². The number of hydrogen-bond donors (Lipinski definition) is 3. The van der Waals surface area contributed by atoms with Gasteiger partial charge in [-0.2, -0.15) is 0 Å². The van der Waals surface area contributed by atoms with E-state index < -0.39 is 0 Å². The van der Waals surface area contributed by atoms with Gasteiger partial charge in [-0.05, 0) is 60.9 Å². The highest BCUT2D eigenvalue weighted by molar-refractivity contribution is 6.05. The normalized spacial score (nSPS) is 14.3. The largest absolute Gasteiger partial charge is 0.497 e. The zero-order chi connectivity index (χ0) is 20.6. The van der Waals surface area contributed by atoms with Gasteiger partial charge in [0.15, 0.2) is 0 Å². The van der Waals surface area contributed by atoms with Gasteiger partial charge in [0.25, 0.3) is 5.91 Å². The molecule has 6 heteroatoms. The fourth-order valence-electron chi connectivity index (χ4n) is 3.65. The molecule has 0 aliphatic heterocycles. The third kappa shape index (κ3) is 6.32. The molecule has 0 saturated heterocycles. The van der Waals surface area contributed by atoms with Crippen LogP contribution in [-0.4, -0.2) is 25.0 Å². The summed E-state index contributed by atoms with van der Waals surface area (Å²) in [6.45, 7) is 2.13. The maximum atomic E-state index is 12.8. The van der Waals surface area contributed by atoms with E-state index in [4.69, 9.17) is 4.74 Å². The van der Waals surface area contributed by atoms with Crippen molar-refractivity contribution in [2.75, 3.05) is 17.7 Å². The standard InChI is InChI=1S/C23H29N3O3/c1-16(27)25-21-13-17(15-24-19-6-4-3-5-7-19)12-18(14-21)23(28)26-20-8-10-22(29-2)11-9-20/h8-14,19,24H,3-7,15H2,1-2H3,(H,25,27)(H,26,28). The quantitative estimate of drug-likeness (QED) is 0.652. The summed E-state index contributed by atoms with van der Waals surface area (Å²) in [6, 6.07) is 13.2. The van der Waals surface area contributed by atoms with Gasteiger partial charge in [0.2, 0.25) is 5.91 Å². The molecule has 6 nitrogen and oxygen atoms in total. The molecule has 3 N–H and O–H groups in total. The Morgan fingerprint density at radius 3 is 2.34 bits per heavy atom. The van der Waals surface area contributed by atoms with Gasteiger partial charge in [-0.3, -0.25) is 9.59 Å². The fourth-order valence-corrected chi connectivity index (χ4v) is 3.65. The van der Waals surface area contributed by atoms with E-state index in [1.807, 2.05) is 12.1 Å². The Balaban J connectivity index is 1.73. The molecule has 1 aliphatic carbocycles. The molecule has 2 amide bonds. The van der Waals surface area contributed by atoms with E-state index in [0.717, 1.165) is 11.3 Å². The zero-order valence-electron chi connectivity index (χ0n) is 17.1. The van der Waals surface area contributed by atoms with Crippen molar-refractivity contribution in [1.29, 1.82) is 0 Å². The van der Waals surface area contributed by atoms with Crippen LogP contribution in [0.3, 0.4) is 0 Å². The second-order valence-electron chi connectivity index (χ2n) is 7.50. The van der Waals surface area contributed by atoms with Crippen LogP contribution in [0.5, 0.6) is 5.75 Å². The van der Waals surface area contributed by atoms with Gasteiger partial charge >= 0.3 is 0 Å². The van der Waals surface area contributed by atoms with Crippen molar-refractivity contribution >= 4 is 23.2 Å². The smallest absolute Gasteiger partial charge is 0.255 e. The first kappa shape index (κ1) is 20.9. The van der Waals surface area contributed by atoms with Gasteiger partial charge < -0.3 is 20.7 Å². The minimum Gasteiger partial charge on any atom is -0.497 e. The van der Waals surface area contributed by atoms with Crippen LogP contribution in [0.2, 0.25) is 0 Å². The molecule has 2 aromatic carbocycles. The van der Waals surface area contributed by atoms with Crippen molar-refractivity contribution in [3.8, 4) is 5.75 Å². The van der Waals surface area contributed by atoms with E-state index in [1.54, 1.807) is 37.4 Å². The Morgan fingerprint density at radius 1 is 0.966 bits per heavy atom. The number of rotatable bonds is 7. The average molecular weight is 396 g/mol. The molecule has 0 radical (unpaired) electrons. The molecule has 0 unspecified atom stereocenters. The zero-order valence-corrected chi connectivity index (χ0v) is 17.1. The number of nitrogens with one attached hydrogen (secondary N) is 3. The van der Waals surface area contributed by atoms with Gasteiger partial charge in [0.05, 0.1) is 7.11 Å². The summed E-state index contributed by atoms with van der Waals surface area (Å²) in [7, 11) is 1.60. The predicted octanol–water partition coefficient (Wildman–Crippen LogP) is 4.33. The molecule has 154 valence electrons. The minimum absolute atomic E-state index is 0.163. The van der Waals surface area contributed by atoms with Crippen LogP contribution in [-0.2, 0) is 11.3 Å². The molecule has 0 spiro atoms. The second kappa shape index (κ2) is 10.1. The van der Waals surface area contributed by atoms with Crippen molar-refractivity contribution in [2.45, 2.75) is 51.6 Å². The SMILES string of the molecule is COc1ccc(NC(=O)c2cc(CNC3CCCCC3)cc(NC(C)=O)c2)cc1. The maximum absolute atomic E-state index is 12.8. The first-order valence-corrected chi connectivity index (χ1v) is 10.1. The Kier molecular flexibility index (Phi) is 7.25. The van der Waals surface area contributed by atoms with Crippen molar-refractivity contribution in [1.82, 2.24) is 5.32 Å². The lowest BCUT2D eigenvalue weighted by molar-refractivity contribution is -0.114. The number of carbonyl (C=O) groups is 2. The average Bonchev–Trinajstić information content (AvgIpc) is 2.73. The molecular weight excluding hydrogens is 366 g/mol. The van der Waals surface area contributed by atoms with Gasteiger partial charge in [0.1, 0.15) is 5.75 Å². The van der Waals surface area contributed by atoms with Gasteiger partial charge in [-0.25, -0.2) is 0 Å². The van der Waals surface area contributed by atoms with Gasteiger partial charge in [0, 0.05) is 36.4 Å². The monoisotopic (exact) mass is 395 g/mol. The van der Waals surface area contributed by atoms with Crippen LogP contribution < -0.4 is 20.7 Å². The Hall–Kier alpha value is -2.86. The van der Waals surface area contributed by atoms with Crippen molar-refractivity contribution < 1.29 is 14.3 Å². The van der Waals surface area contributed by atoms with E-state index in [1.165, 1.54) is 39.0 Å². The van der Waals surface area contributed by atoms with E-state index in [9.17, 15) is 9.59 Å². The lowest BCUT2D eigenvalue weighted by Crippen LogP contribution is -2.30. The van der Waals surface area contributed by atoms with Crippen LogP contribution in [0.1, 0.15) is 54.9 Å². The number of methoxy groups -OCH3 is 1. The number of hydrogen-bond acceptors (Lipinski definition) is 4. The topological polar surface area (TPSA) is 79.5 Å². The molecule has 1 saturated carbocycles. The minimum atomic E-state index is -0.221. The third-order valence-electron chi connectivity index (χ3n) is 5.12. The second-order valence-corrected chi connectivity index (χ2v) is 7.50. The van der Waals surface area contributed by atoms with Crippen molar-refractivity contribution in [3.05, 3.63) is 53.6 Å². The molecule has 0 heterocycles. The molecule has 1 aliphatic rings. The van der Waals surface area contributed by atoms with E-state index >= 15 is 0 Å². The first-order valence-electron chi connectivity index (χ1n) is 10.1. The Bertz CT molecular complexity index is 843. The number of ether oxygens (including phenoxy) is 1. The molecular formula is C23H29N3O3. The summed E-state index contributed by atoms with van der Waals surface area (Å²) in [6.07, 6.45) is 6.22. The lowest BCUT2D eigenvalue weighted by atomic mass is 9.95. The van der Waals surface area contributed by atoms with Crippen LogP contribution in [0, 0.1) is 0 Å². The molecule has 29 heavy (non-hydrogen) atoms. The van der Waals surface area contributed by atoms with Crippen molar-refractivity contribution in [3.63, 3.8) is 0 Å². The fraction of sp³-hybridized carbons (Fsp3) is 0.391. The van der Waals surface area contributed by atoms with Crippen LogP contribution >= 0.6 is 0 Å². The van der Waals surface area contributed by atoms with Crippen LogP contribution in [0.25, 0.3) is 0 Å². The summed E-state index contributed by atoms with van der Waals surface area (Å²) in [4.78, 5) is 24.3. The molecule has 1 fully saturated rings. The third-order valence-corrected chi connectivity index (χ3v) is 5.12. The highest BCUT2D eigenvalue weighted by Gasteiger charge is 2.14. The number of carbonyl (C=O) groups excluding carboxylic acids is 2. The Labute approximate surface area is 172 Å². The maximum Gasteiger partial charge on any atom is 0.255 e. The van der Waals surface area contributed by atoms with Gasteiger partial charge in [-0.15, -0.1) is 0 Å². The number of anilines is 2. The van der Waals surface area contributed by atoms with E-state index in [-0.39, 0.29) is 11.8 Å². The summed E-state index contributed by atoms with van der Waals surface area (Å²) >= 11 is 0. The summed E-state index contributed by atoms with van der Waals surface area (Å²) in [5.74, 6) is 0.344. The molecule has 0 aromatic heterocycles. The van der Waals surface area contributed by atoms with Gasteiger partial charge in [-0.1, -0.05) is 19.3 Å². The van der Waals surface area contributed by atoms with E-state index in [2.05, 4.69) is 16.0 Å². The highest BCUT2D eigenvalue weighted by Crippen LogP contribution is 2.21. The number of amides is 2. The Morgan fingerprint density at radius 2 is 1.69 bits per heavy atom. The van der Waals surface area contributed by atoms with E-state index in [0.29, 0.717) is 29.5 Å². The van der Waals surface area contributed by atoms with Crippen LogP contribution in [0.15, 0.2) is 42.5 Å². The predicted molar refractivity (Wildman–Crippen MR) is 115 cm³/mol. The highest BCUT2D eigenvalue weighted by atomic mass is 16.5. The summed E-state index contributed by atoms with van der Waals surface area (Å²) < 4.78 is 5.14. The molecule has 0 bridgehead atoms. The first-order chi connectivity index (χ1) is 14.0. The molecule has 2 aromatic rings. The summed E-state index contributed by atoms with van der Waals surface area (Å²) in [5, 5.41) is 9.28. The molecule has 0 atom stereocenters. The van der Waals surface area contributed by atoms with Crippen molar-refractivity contribution in [2.24, 2.45) is 0 Å².